The molecule has 8 heteroatoms. The maximum Gasteiger partial charge on any atom is 0.410 e. The van der Waals surface area contributed by atoms with Gasteiger partial charge in [-0.2, -0.15) is 0 Å². The molecule has 0 bridgehead atoms. The van der Waals surface area contributed by atoms with E-state index in [9.17, 15) is 9.18 Å². The minimum atomic E-state index is -0.392. The lowest BCUT2D eigenvalue weighted by molar-refractivity contribution is -0.0113. The number of likely N-dealkylation sites (tertiary alicyclic amines) is 1. The molecule has 7 nitrogen and oxygen atoms in total. The first-order valence-corrected chi connectivity index (χ1v) is 12.0. The van der Waals surface area contributed by atoms with E-state index in [0.29, 0.717) is 18.4 Å². The summed E-state index contributed by atoms with van der Waals surface area (Å²) in [6.07, 6.45) is 8.34. The van der Waals surface area contributed by atoms with E-state index in [0.717, 1.165) is 50.9 Å². The van der Waals surface area contributed by atoms with Crippen molar-refractivity contribution in [3.05, 3.63) is 24.0 Å². The largest absolute Gasteiger partial charge is 0.453 e. The highest BCUT2D eigenvalue weighted by Crippen LogP contribution is 2.61. The number of aromatic nitrogens is 2. The summed E-state index contributed by atoms with van der Waals surface area (Å²) in [5, 5.41) is 3.66. The van der Waals surface area contributed by atoms with E-state index in [1.807, 2.05) is 4.90 Å². The van der Waals surface area contributed by atoms with Gasteiger partial charge in [-0.15, -0.1) is 0 Å². The summed E-state index contributed by atoms with van der Waals surface area (Å²) < 4.78 is 24.7. The highest BCUT2D eigenvalue weighted by Gasteiger charge is 2.60. The molecule has 1 saturated heterocycles. The number of ether oxygens (including phenoxy) is 2. The van der Waals surface area contributed by atoms with Gasteiger partial charge in [0.1, 0.15) is 5.82 Å². The van der Waals surface area contributed by atoms with Crippen molar-refractivity contribution in [3.63, 3.8) is 0 Å². The number of nitrogens with one attached hydrogen (secondary N) is 1. The Kier molecular flexibility index (Phi) is 7.00. The number of fused-ring (bicyclic) bond motifs is 1. The van der Waals surface area contributed by atoms with Crippen LogP contribution in [0.25, 0.3) is 0 Å². The van der Waals surface area contributed by atoms with Gasteiger partial charge in [-0.25, -0.2) is 19.2 Å². The molecule has 2 heterocycles. The summed E-state index contributed by atoms with van der Waals surface area (Å²) in [6, 6.07) is 0.292. The zero-order valence-electron chi connectivity index (χ0n) is 19.7. The van der Waals surface area contributed by atoms with Crippen molar-refractivity contribution in [2.24, 2.45) is 11.8 Å². The Labute approximate surface area is 190 Å². The van der Waals surface area contributed by atoms with Crippen LogP contribution >= 0.6 is 0 Å². The second-order valence-electron chi connectivity index (χ2n) is 10.3. The van der Waals surface area contributed by atoms with Crippen LogP contribution in [0.4, 0.5) is 9.18 Å². The van der Waals surface area contributed by atoms with Crippen LogP contribution in [-0.2, 0) is 14.9 Å². The molecule has 2 aliphatic carbocycles. The summed E-state index contributed by atoms with van der Waals surface area (Å²) in [7, 11) is 1.44. The van der Waals surface area contributed by atoms with E-state index in [1.54, 1.807) is 0 Å². The summed E-state index contributed by atoms with van der Waals surface area (Å²) in [4.78, 5) is 22.8. The third-order valence-corrected chi connectivity index (χ3v) is 7.67. The Bertz CT molecular complexity index is 792. The molecule has 0 radical (unpaired) electrons. The molecule has 1 amide bonds. The number of hydrogen-bond acceptors (Lipinski definition) is 6. The summed E-state index contributed by atoms with van der Waals surface area (Å²) in [5.74, 6) is 1.51. The monoisotopic (exact) mass is 448 g/mol. The first-order valence-electron chi connectivity index (χ1n) is 12.0. The van der Waals surface area contributed by atoms with Gasteiger partial charge in [0, 0.05) is 17.5 Å². The molecular formula is C24H37FN4O3. The fourth-order valence-electron chi connectivity index (χ4n) is 5.74. The van der Waals surface area contributed by atoms with Gasteiger partial charge >= 0.3 is 6.09 Å². The molecule has 178 valence electrons. The molecule has 1 aromatic heterocycles. The third kappa shape index (κ3) is 4.76. The lowest BCUT2D eigenvalue weighted by Crippen LogP contribution is -2.49. The molecule has 0 aromatic carbocycles. The summed E-state index contributed by atoms with van der Waals surface area (Å²) in [6.45, 7) is 7.97. The van der Waals surface area contributed by atoms with Crippen LogP contribution < -0.4 is 5.32 Å². The third-order valence-electron chi connectivity index (χ3n) is 7.67. The number of nitrogens with zero attached hydrogens (tertiary/aromatic N) is 3. The van der Waals surface area contributed by atoms with Crippen LogP contribution in [0.5, 0.6) is 0 Å². The molecular weight excluding hydrogens is 411 g/mol. The highest BCUT2D eigenvalue weighted by atomic mass is 19.1. The van der Waals surface area contributed by atoms with Crippen molar-refractivity contribution in [3.8, 4) is 0 Å². The van der Waals surface area contributed by atoms with Crippen molar-refractivity contribution in [2.75, 3.05) is 20.3 Å². The quantitative estimate of drug-likeness (QED) is 0.654. The average molecular weight is 449 g/mol. The Morgan fingerprint density at radius 3 is 2.75 bits per heavy atom. The second-order valence-corrected chi connectivity index (χ2v) is 10.3. The fourth-order valence-corrected chi connectivity index (χ4v) is 5.74. The van der Waals surface area contributed by atoms with Gasteiger partial charge in [0.15, 0.2) is 5.82 Å². The fraction of sp³-hybridized carbons (Fsp3) is 0.792. The van der Waals surface area contributed by atoms with Gasteiger partial charge in [-0.3, -0.25) is 4.90 Å². The average Bonchev–Trinajstić information content (AvgIpc) is 3.42. The Balaban J connectivity index is 1.34. The first-order chi connectivity index (χ1) is 15.3. The van der Waals surface area contributed by atoms with Crippen molar-refractivity contribution in [2.45, 2.75) is 88.9 Å². The van der Waals surface area contributed by atoms with Crippen LogP contribution in [0.3, 0.4) is 0 Å². The number of carbonyl (C=O) groups excluding carboxylic acids is 1. The van der Waals surface area contributed by atoms with Crippen LogP contribution in [0.1, 0.15) is 65.1 Å². The van der Waals surface area contributed by atoms with Crippen LogP contribution in [0, 0.1) is 17.7 Å². The van der Waals surface area contributed by atoms with Gasteiger partial charge in [-0.1, -0.05) is 13.8 Å². The van der Waals surface area contributed by atoms with Gasteiger partial charge in [-0.05, 0) is 63.8 Å². The summed E-state index contributed by atoms with van der Waals surface area (Å²) in [5.41, 5.74) is 0.00835. The standard InChI is InChI=1S/C24H37FN4O3/c1-15(2)6-8-26-20-9-16(3)29(23(30)31-4)21(20)14-32-19-5-7-24(11-17(24)10-19)22-27-12-18(25)13-28-22/h12-13,15-17,19-21,26H,5-11,14H2,1-4H3/t16-,17-,19+,20+,21+,24-/m1/s1. The molecule has 1 N–H and O–H groups in total. The number of methoxy groups -OCH3 is 1. The van der Waals surface area contributed by atoms with Crippen molar-refractivity contribution < 1.29 is 18.7 Å². The summed E-state index contributed by atoms with van der Waals surface area (Å²) >= 11 is 0. The SMILES string of the molecule is COC(=O)N1[C@H](C)C[C@H](NCCC(C)C)[C@@H]1CO[C@H]1CC[C@@]2(c3ncc(F)cn3)C[C@H]2C1. The van der Waals surface area contributed by atoms with Gasteiger partial charge < -0.3 is 14.8 Å². The molecule has 1 aliphatic heterocycles. The van der Waals surface area contributed by atoms with E-state index >= 15 is 0 Å². The molecule has 0 spiro atoms. The smallest absolute Gasteiger partial charge is 0.410 e. The number of halogens is 1. The number of hydrogen-bond donors (Lipinski definition) is 1. The van der Waals surface area contributed by atoms with Crippen LogP contribution in [0.2, 0.25) is 0 Å². The van der Waals surface area contributed by atoms with E-state index in [2.05, 4.69) is 36.1 Å². The van der Waals surface area contributed by atoms with E-state index < -0.39 is 5.82 Å². The van der Waals surface area contributed by atoms with E-state index in [-0.39, 0.29) is 35.7 Å². The lowest BCUT2D eigenvalue weighted by atomic mass is 9.86. The predicted octanol–water partition coefficient (Wildman–Crippen LogP) is 3.68. The van der Waals surface area contributed by atoms with Gasteiger partial charge in [0.2, 0.25) is 0 Å². The first kappa shape index (κ1) is 23.4. The van der Waals surface area contributed by atoms with Crippen molar-refractivity contribution in [1.29, 1.82) is 0 Å². The Morgan fingerprint density at radius 1 is 1.34 bits per heavy atom. The lowest BCUT2D eigenvalue weighted by Gasteiger charge is -2.33. The zero-order valence-corrected chi connectivity index (χ0v) is 19.7. The molecule has 3 aliphatic rings. The van der Waals surface area contributed by atoms with Gasteiger partial charge in [0.25, 0.3) is 0 Å². The van der Waals surface area contributed by atoms with Crippen LogP contribution in [0.15, 0.2) is 12.4 Å². The Morgan fingerprint density at radius 2 is 2.09 bits per heavy atom. The number of rotatable bonds is 8. The van der Waals surface area contributed by atoms with Crippen molar-refractivity contribution in [1.82, 2.24) is 20.2 Å². The molecule has 32 heavy (non-hydrogen) atoms. The Hall–Kier alpha value is -1.80. The maximum absolute atomic E-state index is 13.2. The number of carbonyl (C=O) groups is 1. The number of amides is 1. The topological polar surface area (TPSA) is 76.6 Å². The molecule has 6 atom stereocenters. The van der Waals surface area contributed by atoms with Crippen LogP contribution in [-0.4, -0.2) is 65.5 Å². The maximum atomic E-state index is 13.2. The minimum absolute atomic E-state index is 0.00835. The molecule has 1 aromatic rings. The molecule has 0 unspecified atom stereocenters. The minimum Gasteiger partial charge on any atom is -0.453 e. The van der Waals surface area contributed by atoms with Gasteiger partial charge in [0.05, 0.1) is 38.3 Å². The molecule has 4 rings (SSSR count). The zero-order chi connectivity index (χ0) is 22.9. The molecule has 2 saturated carbocycles. The predicted molar refractivity (Wildman–Crippen MR) is 119 cm³/mol. The highest BCUT2D eigenvalue weighted by molar-refractivity contribution is 5.69. The normalized spacial score (nSPS) is 33.9. The molecule has 3 fully saturated rings. The van der Waals surface area contributed by atoms with E-state index in [1.165, 1.54) is 19.5 Å². The van der Waals surface area contributed by atoms with Crippen molar-refractivity contribution >= 4 is 6.09 Å². The van der Waals surface area contributed by atoms with E-state index in [4.69, 9.17) is 9.47 Å². The second kappa shape index (κ2) is 9.59.